The highest BCUT2D eigenvalue weighted by molar-refractivity contribution is 9.10. The molecule has 10 heavy (non-hydrogen) atoms. The fourth-order valence-corrected chi connectivity index (χ4v) is 1.10. The van der Waals surface area contributed by atoms with Gasteiger partial charge in [-0.05, 0) is 22.9 Å². The molecule has 0 atom stereocenters. The fraction of sp³-hybridized carbons (Fsp3) is 0.143. The van der Waals surface area contributed by atoms with Gasteiger partial charge in [-0.3, -0.25) is 4.98 Å². The van der Waals surface area contributed by atoms with Crippen molar-refractivity contribution >= 4 is 21.6 Å². The average molecular weight is 197 g/mol. The fourth-order valence-electron chi connectivity index (χ4n) is 0.601. The van der Waals surface area contributed by atoms with Crippen molar-refractivity contribution in [2.24, 2.45) is 0 Å². The molecule has 0 aliphatic carbocycles. The normalized spacial score (nSPS) is 8.90. The van der Waals surface area contributed by atoms with Crippen LogP contribution in [0.3, 0.4) is 0 Å². The van der Waals surface area contributed by atoms with Crippen LogP contribution < -0.4 is 0 Å². The summed E-state index contributed by atoms with van der Waals surface area (Å²) >= 11 is 3.18. The van der Waals surface area contributed by atoms with Crippen LogP contribution in [0, 0.1) is 13.5 Å². The summed E-state index contributed by atoms with van der Waals surface area (Å²) in [6.07, 6.45) is 0. The lowest BCUT2D eigenvalue weighted by Crippen LogP contribution is -1.79. The molecule has 0 saturated heterocycles. The molecule has 0 spiro atoms. The van der Waals surface area contributed by atoms with E-state index in [0.29, 0.717) is 10.3 Å². The first-order valence-electron chi connectivity index (χ1n) is 2.74. The molecule has 0 N–H and O–H groups in total. The van der Waals surface area contributed by atoms with Crippen molar-refractivity contribution in [2.45, 2.75) is 6.92 Å². The van der Waals surface area contributed by atoms with Crippen LogP contribution in [0.4, 0.5) is 5.69 Å². The van der Waals surface area contributed by atoms with Gasteiger partial charge in [0.15, 0.2) is 0 Å². The van der Waals surface area contributed by atoms with Gasteiger partial charge in [-0.25, -0.2) is 4.85 Å². The summed E-state index contributed by atoms with van der Waals surface area (Å²) in [5, 5.41) is 0. The minimum absolute atomic E-state index is 0.561. The number of rotatable bonds is 0. The first kappa shape index (κ1) is 7.23. The average Bonchev–Trinajstić information content (AvgIpc) is 1.88. The summed E-state index contributed by atoms with van der Waals surface area (Å²) in [6, 6.07) is 3.57. The van der Waals surface area contributed by atoms with Gasteiger partial charge in [0.2, 0.25) is 5.69 Å². The van der Waals surface area contributed by atoms with Gasteiger partial charge in [0, 0.05) is 5.69 Å². The SMILES string of the molecule is [C-]#[N+]c1ccc(C)nc1Br. The van der Waals surface area contributed by atoms with E-state index in [1.165, 1.54) is 0 Å². The van der Waals surface area contributed by atoms with E-state index in [2.05, 4.69) is 25.8 Å². The summed E-state index contributed by atoms with van der Waals surface area (Å²) in [5.74, 6) is 0. The maximum absolute atomic E-state index is 6.71. The second-order valence-corrected chi connectivity index (χ2v) is 2.63. The van der Waals surface area contributed by atoms with Crippen LogP contribution in [-0.2, 0) is 0 Å². The highest BCUT2D eigenvalue weighted by atomic mass is 79.9. The van der Waals surface area contributed by atoms with Crippen molar-refractivity contribution < 1.29 is 0 Å². The zero-order valence-corrected chi connectivity index (χ0v) is 7.01. The minimum Gasteiger partial charge on any atom is -0.258 e. The maximum atomic E-state index is 6.71. The molecule has 1 aromatic heterocycles. The van der Waals surface area contributed by atoms with Crippen LogP contribution in [0.25, 0.3) is 4.85 Å². The molecule has 0 unspecified atom stereocenters. The molecule has 2 nitrogen and oxygen atoms in total. The Hall–Kier alpha value is -0.880. The molecular weight excluding hydrogens is 192 g/mol. The second-order valence-electron chi connectivity index (χ2n) is 1.87. The Morgan fingerprint density at radius 3 is 2.80 bits per heavy atom. The van der Waals surface area contributed by atoms with E-state index in [4.69, 9.17) is 6.57 Å². The quantitative estimate of drug-likeness (QED) is 0.461. The zero-order valence-electron chi connectivity index (χ0n) is 5.43. The van der Waals surface area contributed by atoms with E-state index < -0.39 is 0 Å². The summed E-state index contributed by atoms with van der Waals surface area (Å²) in [4.78, 5) is 7.30. The third-order valence-electron chi connectivity index (χ3n) is 1.09. The Bertz CT molecular complexity index is 288. The largest absolute Gasteiger partial charge is 0.258 e. The maximum Gasteiger partial charge on any atom is 0.219 e. The first-order chi connectivity index (χ1) is 4.74. The molecule has 0 bridgehead atoms. The van der Waals surface area contributed by atoms with E-state index in [1.807, 2.05) is 13.0 Å². The highest BCUT2D eigenvalue weighted by Crippen LogP contribution is 2.22. The van der Waals surface area contributed by atoms with E-state index in [1.54, 1.807) is 6.07 Å². The molecule has 0 radical (unpaired) electrons. The summed E-state index contributed by atoms with van der Waals surface area (Å²) in [6.45, 7) is 8.60. The number of nitrogens with zero attached hydrogens (tertiary/aromatic N) is 2. The van der Waals surface area contributed by atoms with Gasteiger partial charge in [0.25, 0.3) is 0 Å². The van der Waals surface area contributed by atoms with Crippen LogP contribution in [-0.4, -0.2) is 4.98 Å². The first-order valence-corrected chi connectivity index (χ1v) is 3.54. The predicted molar refractivity (Wildman–Crippen MR) is 42.9 cm³/mol. The van der Waals surface area contributed by atoms with Gasteiger partial charge in [-0.1, -0.05) is 12.1 Å². The van der Waals surface area contributed by atoms with Crippen LogP contribution in [0.2, 0.25) is 0 Å². The summed E-state index contributed by atoms with van der Waals surface area (Å²) in [7, 11) is 0. The van der Waals surface area contributed by atoms with Crippen molar-refractivity contribution in [1.29, 1.82) is 0 Å². The van der Waals surface area contributed by atoms with Crippen LogP contribution in [0.15, 0.2) is 16.7 Å². The molecule has 0 saturated carbocycles. The van der Waals surface area contributed by atoms with Crippen molar-refractivity contribution in [1.82, 2.24) is 4.98 Å². The summed E-state index contributed by atoms with van der Waals surface area (Å²) < 4.78 is 0.627. The molecule has 0 aliphatic heterocycles. The van der Waals surface area contributed by atoms with Crippen molar-refractivity contribution in [3.8, 4) is 0 Å². The van der Waals surface area contributed by atoms with Crippen molar-refractivity contribution in [2.75, 3.05) is 0 Å². The molecule has 3 heteroatoms. The van der Waals surface area contributed by atoms with Gasteiger partial charge < -0.3 is 0 Å². The number of hydrogen-bond donors (Lipinski definition) is 0. The minimum atomic E-state index is 0.561. The third kappa shape index (κ3) is 1.34. The van der Waals surface area contributed by atoms with E-state index >= 15 is 0 Å². The Balaban J connectivity index is 3.23. The van der Waals surface area contributed by atoms with Crippen molar-refractivity contribution in [3.05, 3.63) is 33.8 Å². The predicted octanol–water partition coefficient (Wildman–Crippen LogP) is 2.70. The number of aryl methyl sites for hydroxylation is 1. The van der Waals surface area contributed by atoms with Gasteiger partial charge >= 0.3 is 0 Å². The molecular formula is C7H5BrN2. The zero-order chi connectivity index (χ0) is 7.56. The molecule has 0 aromatic carbocycles. The Morgan fingerprint density at radius 1 is 1.60 bits per heavy atom. The lowest BCUT2D eigenvalue weighted by molar-refractivity contribution is 1.18. The monoisotopic (exact) mass is 196 g/mol. The van der Waals surface area contributed by atoms with Crippen molar-refractivity contribution in [3.63, 3.8) is 0 Å². The van der Waals surface area contributed by atoms with E-state index in [-0.39, 0.29) is 0 Å². The van der Waals surface area contributed by atoms with Crippen LogP contribution >= 0.6 is 15.9 Å². The second kappa shape index (κ2) is 2.80. The number of pyridine rings is 1. The van der Waals surface area contributed by atoms with E-state index in [0.717, 1.165) is 5.69 Å². The number of halogens is 1. The van der Waals surface area contributed by atoms with Gasteiger partial charge in [-0.15, -0.1) is 0 Å². The van der Waals surface area contributed by atoms with Crippen LogP contribution in [0.1, 0.15) is 5.69 Å². The molecule has 0 fully saturated rings. The van der Waals surface area contributed by atoms with Gasteiger partial charge in [0.05, 0.1) is 6.57 Å². The topological polar surface area (TPSA) is 17.2 Å². The Morgan fingerprint density at radius 2 is 2.30 bits per heavy atom. The van der Waals surface area contributed by atoms with Gasteiger partial charge in [0.1, 0.15) is 4.60 Å². The third-order valence-corrected chi connectivity index (χ3v) is 1.67. The van der Waals surface area contributed by atoms with Crippen LogP contribution in [0.5, 0.6) is 0 Å². The molecule has 0 aliphatic rings. The Kier molecular flexibility index (Phi) is 2.03. The molecule has 50 valence electrons. The van der Waals surface area contributed by atoms with E-state index in [9.17, 15) is 0 Å². The molecule has 1 heterocycles. The highest BCUT2D eigenvalue weighted by Gasteiger charge is 1.97. The lowest BCUT2D eigenvalue weighted by atomic mass is 10.3. The Labute approximate surface area is 67.9 Å². The standard InChI is InChI=1S/C7H5BrN2/c1-5-3-4-6(9-2)7(8)10-5/h3-4H,1H3. The number of hydrogen-bond acceptors (Lipinski definition) is 1. The molecule has 0 amide bonds. The number of aromatic nitrogens is 1. The smallest absolute Gasteiger partial charge is 0.219 e. The lowest BCUT2D eigenvalue weighted by Gasteiger charge is -1.94. The molecule has 1 rings (SSSR count). The summed E-state index contributed by atoms with van der Waals surface area (Å²) in [5.41, 5.74) is 1.48. The van der Waals surface area contributed by atoms with Gasteiger partial charge in [-0.2, -0.15) is 0 Å². The molecule has 1 aromatic rings.